The standard InChI is InChI=1S/C23H26ClN5O4/c1-14(30)25-5-6-28-7-9-29(10-8-28)21-4-3-15(22(27-21)33-2)16-11-17-18(23(31)32)13-26-20(17)12-19(16)24/h3-4,11-13,26H,5-10H2,1-2H3,(H,25,30)(H,31,32). The highest BCUT2D eigenvalue weighted by molar-refractivity contribution is 6.34. The number of carbonyl (C=O) groups is 2. The molecule has 2 aromatic heterocycles. The van der Waals surface area contributed by atoms with Gasteiger partial charge in [-0.1, -0.05) is 11.6 Å². The van der Waals surface area contributed by atoms with E-state index in [9.17, 15) is 14.7 Å². The number of carboxylic acids is 1. The summed E-state index contributed by atoms with van der Waals surface area (Å²) in [6.07, 6.45) is 1.46. The SMILES string of the molecule is COc1nc(N2CCN(CCNC(C)=O)CC2)ccc1-c1cc2c(C(=O)O)c[nH]c2cc1Cl. The maximum Gasteiger partial charge on any atom is 0.337 e. The predicted molar refractivity (Wildman–Crippen MR) is 127 cm³/mol. The third kappa shape index (κ3) is 4.89. The number of amides is 1. The van der Waals surface area contributed by atoms with E-state index < -0.39 is 5.97 Å². The number of nitrogens with one attached hydrogen (secondary N) is 2. The van der Waals surface area contributed by atoms with Gasteiger partial charge in [0.2, 0.25) is 11.8 Å². The van der Waals surface area contributed by atoms with E-state index in [0.717, 1.165) is 38.5 Å². The van der Waals surface area contributed by atoms with Gasteiger partial charge in [-0.3, -0.25) is 9.69 Å². The Labute approximate surface area is 196 Å². The summed E-state index contributed by atoms with van der Waals surface area (Å²) in [6, 6.07) is 7.31. The average Bonchev–Trinajstić information content (AvgIpc) is 3.21. The Morgan fingerprint density at radius 2 is 1.97 bits per heavy atom. The summed E-state index contributed by atoms with van der Waals surface area (Å²) >= 11 is 6.53. The minimum Gasteiger partial charge on any atom is -0.480 e. The van der Waals surface area contributed by atoms with E-state index in [1.807, 2.05) is 12.1 Å². The molecule has 1 fully saturated rings. The second kappa shape index (κ2) is 9.68. The molecular formula is C23H26ClN5O4. The minimum atomic E-state index is -1.01. The van der Waals surface area contributed by atoms with Gasteiger partial charge in [0.1, 0.15) is 5.82 Å². The van der Waals surface area contributed by atoms with Crippen LogP contribution in [-0.2, 0) is 4.79 Å². The van der Waals surface area contributed by atoms with Crippen LogP contribution in [0.1, 0.15) is 17.3 Å². The number of fused-ring (bicyclic) bond motifs is 1. The number of aromatic nitrogens is 2. The number of anilines is 1. The first kappa shape index (κ1) is 22.9. The van der Waals surface area contributed by atoms with Gasteiger partial charge in [0.05, 0.1) is 17.7 Å². The second-order valence-corrected chi connectivity index (χ2v) is 8.33. The average molecular weight is 472 g/mol. The van der Waals surface area contributed by atoms with E-state index in [4.69, 9.17) is 21.3 Å². The van der Waals surface area contributed by atoms with Crippen LogP contribution in [0.15, 0.2) is 30.5 Å². The second-order valence-electron chi connectivity index (χ2n) is 7.92. The molecule has 0 atom stereocenters. The number of H-pyrrole nitrogens is 1. The first-order valence-corrected chi connectivity index (χ1v) is 11.1. The van der Waals surface area contributed by atoms with Crippen molar-refractivity contribution in [2.45, 2.75) is 6.92 Å². The van der Waals surface area contributed by atoms with E-state index in [0.29, 0.717) is 39.5 Å². The number of nitrogens with zero attached hydrogens (tertiary/aromatic N) is 3. The smallest absolute Gasteiger partial charge is 0.337 e. The number of rotatable bonds is 7. The fraction of sp³-hybridized carbons (Fsp3) is 0.348. The lowest BCUT2D eigenvalue weighted by atomic mass is 10.0. The third-order valence-corrected chi connectivity index (χ3v) is 6.14. The maximum absolute atomic E-state index is 11.5. The first-order chi connectivity index (χ1) is 15.9. The summed E-state index contributed by atoms with van der Waals surface area (Å²) < 4.78 is 5.58. The predicted octanol–water partition coefficient (Wildman–Crippen LogP) is 2.85. The van der Waals surface area contributed by atoms with Gasteiger partial charge in [-0.2, -0.15) is 4.98 Å². The molecule has 9 nitrogen and oxygen atoms in total. The number of piperazine rings is 1. The summed E-state index contributed by atoms with van der Waals surface area (Å²) in [5, 5.41) is 13.3. The quantitative estimate of drug-likeness (QED) is 0.486. The van der Waals surface area contributed by atoms with Crippen molar-refractivity contribution in [3.63, 3.8) is 0 Å². The molecule has 4 rings (SSSR count). The molecule has 174 valence electrons. The number of carboxylic acid groups (broad SMARTS) is 1. The molecule has 3 N–H and O–H groups in total. The zero-order valence-electron chi connectivity index (χ0n) is 18.5. The molecule has 0 bridgehead atoms. The summed E-state index contributed by atoms with van der Waals surface area (Å²) in [4.78, 5) is 34.7. The van der Waals surface area contributed by atoms with E-state index in [1.165, 1.54) is 13.1 Å². The highest BCUT2D eigenvalue weighted by Crippen LogP contribution is 2.38. The Morgan fingerprint density at radius 1 is 1.21 bits per heavy atom. The number of hydrogen-bond acceptors (Lipinski definition) is 6. The molecule has 0 radical (unpaired) electrons. The molecule has 0 aliphatic carbocycles. The molecule has 0 saturated carbocycles. The van der Waals surface area contributed by atoms with Crippen molar-refractivity contribution < 1.29 is 19.4 Å². The monoisotopic (exact) mass is 471 g/mol. The van der Waals surface area contributed by atoms with Crippen LogP contribution in [0.3, 0.4) is 0 Å². The molecule has 3 heterocycles. The zero-order valence-corrected chi connectivity index (χ0v) is 19.3. The van der Waals surface area contributed by atoms with E-state index in [2.05, 4.69) is 20.1 Å². The van der Waals surface area contributed by atoms with Crippen LogP contribution >= 0.6 is 11.6 Å². The lowest BCUT2D eigenvalue weighted by Gasteiger charge is -2.35. The highest BCUT2D eigenvalue weighted by atomic mass is 35.5. The molecule has 0 unspecified atom stereocenters. The lowest BCUT2D eigenvalue weighted by molar-refractivity contribution is -0.119. The number of pyridine rings is 1. The molecular weight excluding hydrogens is 446 g/mol. The molecule has 1 amide bonds. The van der Waals surface area contributed by atoms with Crippen LogP contribution in [0.25, 0.3) is 22.0 Å². The summed E-state index contributed by atoms with van der Waals surface area (Å²) in [5.74, 6) is 0.211. The highest BCUT2D eigenvalue weighted by Gasteiger charge is 2.21. The Bertz CT molecular complexity index is 1190. The van der Waals surface area contributed by atoms with Crippen molar-refractivity contribution in [3.8, 4) is 17.0 Å². The topological polar surface area (TPSA) is 111 Å². The van der Waals surface area contributed by atoms with Gasteiger partial charge in [-0.25, -0.2) is 4.79 Å². The summed E-state index contributed by atoms with van der Waals surface area (Å²) in [7, 11) is 1.56. The zero-order chi connectivity index (χ0) is 23.5. The van der Waals surface area contributed by atoms with Crippen molar-refractivity contribution in [2.75, 3.05) is 51.3 Å². The number of ether oxygens (including phenoxy) is 1. The number of halogens is 1. The summed E-state index contributed by atoms with van der Waals surface area (Å²) in [5.41, 5.74) is 2.19. The molecule has 1 aromatic carbocycles. The van der Waals surface area contributed by atoms with E-state index in [-0.39, 0.29) is 11.5 Å². The Balaban J connectivity index is 1.55. The Kier molecular flexibility index (Phi) is 6.71. The van der Waals surface area contributed by atoms with Gasteiger partial charge >= 0.3 is 5.97 Å². The van der Waals surface area contributed by atoms with Crippen LogP contribution in [0, 0.1) is 0 Å². The molecule has 10 heteroatoms. The van der Waals surface area contributed by atoms with Crippen LogP contribution < -0.4 is 15.0 Å². The molecule has 33 heavy (non-hydrogen) atoms. The number of aromatic carboxylic acids is 1. The normalized spacial score (nSPS) is 14.5. The van der Waals surface area contributed by atoms with Gasteiger partial charge in [0.15, 0.2) is 0 Å². The Hall–Kier alpha value is -3.30. The van der Waals surface area contributed by atoms with Crippen LogP contribution in [-0.4, -0.2) is 78.2 Å². The van der Waals surface area contributed by atoms with Gasteiger partial charge < -0.3 is 25.0 Å². The largest absolute Gasteiger partial charge is 0.480 e. The number of carbonyl (C=O) groups excluding carboxylic acids is 1. The lowest BCUT2D eigenvalue weighted by Crippen LogP contribution is -2.48. The van der Waals surface area contributed by atoms with Crippen molar-refractivity contribution in [1.82, 2.24) is 20.2 Å². The fourth-order valence-electron chi connectivity index (χ4n) is 4.08. The van der Waals surface area contributed by atoms with Crippen molar-refractivity contribution in [2.24, 2.45) is 0 Å². The number of methoxy groups -OCH3 is 1. The van der Waals surface area contributed by atoms with Crippen LogP contribution in [0.2, 0.25) is 5.02 Å². The van der Waals surface area contributed by atoms with Crippen molar-refractivity contribution >= 4 is 40.2 Å². The van der Waals surface area contributed by atoms with Gasteiger partial charge in [-0.15, -0.1) is 0 Å². The van der Waals surface area contributed by atoms with E-state index in [1.54, 1.807) is 19.2 Å². The molecule has 3 aromatic rings. The number of hydrogen-bond donors (Lipinski definition) is 3. The van der Waals surface area contributed by atoms with Crippen molar-refractivity contribution in [3.05, 3.63) is 41.0 Å². The third-order valence-electron chi connectivity index (χ3n) is 5.83. The summed E-state index contributed by atoms with van der Waals surface area (Å²) in [6.45, 7) is 6.36. The van der Waals surface area contributed by atoms with Crippen LogP contribution in [0.4, 0.5) is 5.82 Å². The van der Waals surface area contributed by atoms with Crippen molar-refractivity contribution in [1.29, 1.82) is 0 Å². The van der Waals surface area contributed by atoms with Crippen LogP contribution in [0.5, 0.6) is 5.88 Å². The molecule has 1 aliphatic rings. The number of benzene rings is 1. The molecule has 0 spiro atoms. The fourth-order valence-corrected chi connectivity index (χ4v) is 4.35. The molecule has 1 aliphatic heterocycles. The van der Waals surface area contributed by atoms with Gasteiger partial charge in [0, 0.05) is 74.4 Å². The maximum atomic E-state index is 11.5. The Morgan fingerprint density at radius 3 is 2.64 bits per heavy atom. The number of aromatic amines is 1. The first-order valence-electron chi connectivity index (χ1n) is 10.7. The minimum absolute atomic E-state index is 0.0139. The van der Waals surface area contributed by atoms with Gasteiger partial charge in [0.25, 0.3) is 0 Å². The molecule has 1 saturated heterocycles. The van der Waals surface area contributed by atoms with Gasteiger partial charge in [-0.05, 0) is 24.3 Å². The van der Waals surface area contributed by atoms with E-state index >= 15 is 0 Å².